The summed E-state index contributed by atoms with van der Waals surface area (Å²) in [5, 5.41) is 1.01. The van der Waals surface area contributed by atoms with E-state index in [0.717, 1.165) is 22.8 Å². The molecule has 0 saturated heterocycles. The molecule has 0 bridgehead atoms. The highest BCUT2D eigenvalue weighted by molar-refractivity contribution is 5.98. The maximum absolute atomic E-state index is 11.4. The second kappa shape index (κ2) is 6.20. The molecule has 0 aliphatic carbocycles. The van der Waals surface area contributed by atoms with Crippen LogP contribution in [0.3, 0.4) is 0 Å². The standard InChI is InChI=1S/C15H17NO3/c1-3-19-9-8-13-12-6-4-5-7-14(12)16(11-18-2)15(13)10-17/h4-10H,3,11H2,1-2H3/b9-8+. The first-order valence-electron chi connectivity index (χ1n) is 6.17. The van der Waals surface area contributed by atoms with Gasteiger partial charge in [-0.3, -0.25) is 4.79 Å². The van der Waals surface area contributed by atoms with Crippen molar-refractivity contribution in [2.24, 2.45) is 0 Å². The van der Waals surface area contributed by atoms with Crippen LogP contribution in [0.15, 0.2) is 30.5 Å². The number of ether oxygens (including phenoxy) is 2. The monoisotopic (exact) mass is 259 g/mol. The Morgan fingerprint density at radius 2 is 2.11 bits per heavy atom. The number of aromatic nitrogens is 1. The van der Waals surface area contributed by atoms with Crippen molar-refractivity contribution >= 4 is 23.3 Å². The summed E-state index contributed by atoms with van der Waals surface area (Å²) < 4.78 is 12.2. The zero-order valence-electron chi connectivity index (χ0n) is 11.1. The first-order chi connectivity index (χ1) is 9.33. The van der Waals surface area contributed by atoms with E-state index in [0.29, 0.717) is 19.0 Å². The van der Waals surface area contributed by atoms with Gasteiger partial charge in [0.25, 0.3) is 0 Å². The molecular formula is C15H17NO3. The minimum atomic E-state index is 0.344. The number of fused-ring (bicyclic) bond motifs is 1. The Morgan fingerprint density at radius 1 is 1.32 bits per heavy atom. The molecule has 0 atom stereocenters. The maximum Gasteiger partial charge on any atom is 0.167 e. The summed E-state index contributed by atoms with van der Waals surface area (Å²) in [7, 11) is 1.61. The molecule has 1 heterocycles. The highest BCUT2D eigenvalue weighted by atomic mass is 16.5. The minimum absolute atomic E-state index is 0.344. The van der Waals surface area contributed by atoms with Crippen molar-refractivity contribution in [2.45, 2.75) is 13.7 Å². The Labute approximate surface area is 112 Å². The maximum atomic E-state index is 11.4. The van der Waals surface area contributed by atoms with Gasteiger partial charge in [-0.2, -0.15) is 0 Å². The van der Waals surface area contributed by atoms with Crippen LogP contribution in [0.4, 0.5) is 0 Å². The first-order valence-corrected chi connectivity index (χ1v) is 6.17. The van der Waals surface area contributed by atoms with Crippen LogP contribution in [-0.4, -0.2) is 24.6 Å². The van der Waals surface area contributed by atoms with Crippen molar-refractivity contribution < 1.29 is 14.3 Å². The van der Waals surface area contributed by atoms with E-state index in [9.17, 15) is 4.79 Å². The largest absolute Gasteiger partial charge is 0.501 e. The number of aldehydes is 1. The van der Waals surface area contributed by atoms with Gasteiger partial charge in [0.15, 0.2) is 6.29 Å². The van der Waals surface area contributed by atoms with Crippen LogP contribution in [0, 0.1) is 0 Å². The van der Waals surface area contributed by atoms with E-state index in [2.05, 4.69) is 0 Å². The van der Waals surface area contributed by atoms with Gasteiger partial charge < -0.3 is 14.0 Å². The van der Waals surface area contributed by atoms with Crippen molar-refractivity contribution in [3.8, 4) is 0 Å². The topological polar surface area (TPSA) is 40.5 Å². The zero-order valence-corrected chi connectivity index (χ0v) is 11.1. The van der Waals surface area contributed by atoms with Crippen molar-refractivity contribution in [1.82, 2.24) is 4.57 Å². The third-order valence-electron chi connectivity index (χ3n) is 2.92. The van der Waals surface area contributed by atoms with Crippen molar-refractivity contribution in [3.63, 3.8) is 0 Å². The van der Waals surface area contributed by atoms with Gasteiger partial charge in [-0.05, 0) is 19.1 Å². The average molecular weight is 259 g/mol. The molecule has 2 aromatic rings. The summed E-state index contributed by atoms with van der Waals surface area (Å²) in [5.41, 5.74) is 2.43. The molecule has 4 nitrogen and oxygen atoms in total. The smallest absolute Gasteiger partial charge is 0.167 e. The molecule has 0 radical (unpaired) electrons. The number of benzene rings is 1. The molecule has 1 aromatic carbocycles. The van der Waals surface area contributed by atoms with Gasteiger partial charge in [-0.15, -0.1) is 0 Å². The normalized spacial score (nSPS) is 11.3. The van der Waals surface area contributed by atoms with Crippen molar-refractivity contribution in [2.75, 3.05) is 13.7 Å². The number of carbonyl (C=O) groups excluding carboxylic acids is 1. The van der Waals surface area contributed by atoms with E-state index in [1.165, 1.54) is 0 Å². The van der Waals surface area contributed by atoms with Crippen LogP contribution < -0.4 is 0 Å². The SMILES string of the molecule is CCO/C=C/c1c(C=O)n(COC)c2ccccc12. The van der Waals surface area contributed by atoms with E-state index >= 15 is 0 Å². The highest BCUT2D eigenvalue weighted by Gasteiger charge is 2.14. The summed E-state index contributed by atoms with van der Waals surface area (Å²) in [6.45, 7) is 2.86. The molecule has 0 aliphatic rings. The van der Waals surface area contributed by atoms with Crippen LogP contribution in [-0.2, 0) is 16.2 Å². The average Bonchev–Trinajstić information content (AvgIpc) is 2.74. The molecule has 0 amide bonds. The highest BCUT2D eigenvalue weighted by Crippen LogP contribution is 2.26. The Kier molecular flexibility index (Phi) is 4.36. The summed E-state index contributed by atoms with van der Waals surface area (Å²) in [6.07, 6.45) is 4.29. The lowest BCUT2D eigenvalue weighted by atomic mass is 10.1. The number of nitrogens with zero attached hydrogens (tertiary/aromatic N) is 1. The number of hydrogen-bond donors (Lipinski definition) is 0. The van der Waals surface area contributed by atoms with Gasteiger partial charge in [0.2, 0.25) is 0 Å². The van der Waals surface area contributed by atoms with Crippen molar-refractivity contribution in [3.05, 3.63) is 41.8 Å². The summed E-state index contributed by atoms with van der Waals surface area (Å²) >= 11 is 0. The quantitative estimate of drug-likeness (QED) is 0.591. The third kappa shape index (κ3) is 2.53. The number of carbonyl (C=O) groups is 1. The van der Waals surface area contributed by atoms with Gasteiger partial charge in [0.1, 0.15) is 6.73 Å². The van der Waals surface area contributed by atoms with Gasteiger partial charge in [0.05, 0.1) is 24.1 Å². The van der Waals surface area contributed by atoms with E-state index < -0.39 is 0 Å². The van der Waals surface area contributed by atoms with Crippen LogP contribution >= 0.6 is 0 Å². The van der Waals surface area contributed by atoms with Crippen LogP contribution in [0.5, 0.6) is 0 Å². The zero-order chi connectivity index (χ0) is 13.7. The van der Waals surface area contributed by atoms with E-state index in [-0.39, 0.29) is 0 Å². The lowest BCUT2D eigenvalue weighted by Crippen LogP contribution is -2.04. The minimum Gasteiger partial charge on any atom is -0.501 e. The molecule has 4 heteroatoms. The van der Waals surface area contributed by atoms with Gasteiger partial charge in [-0.1, -0.05) is 18.2 Å². The van der Waals surface area contributed by atoms with Crippen LogP contribution in [0.2, 0.25) is 0 Å². The fourth-order valence-electron chi connectivity index (χ4n) is 2.13. The first kappa shape index (κ1) is 13.4. The Hall–Kier alpha value is -2.07. The number of para-hydroxylation sites is 1. The summed E-state index contributed by atoms with van der Waals surface area (Å²) in [5.74, 6) is 0. The Morgan fingerprint density at radius 3 is 2.79 bits per heavy atom. The van der Waals surface area contributed by atoms with Gasteiger partial charge >= 0.3 is 0 Å². The molecule has 0 aliphatic heterocycles. The number of rotatable bonds is 6. The summed E-state index contributed by atoms with van der Waals surface area (Å²) in [4.78, 5) is 11.4. The molecule has 19 heavy (non-hydrogen) atoms. The fourth-order valence-corrected chi connectivity index (χ4v) is 2.13. The molecule has 2 rings (SSSR count). The lowest BCUT2D eigenvalue weighted by molar-refractivity contribution is 0.107. The molecule has 0 fully saturated rings. The van der Waals surface area contributed by atoms with E-state index in [1.54, 1.807) is 13.4 Å². The molecule has 0 unspecified atom stereocenters. The lowest BCUT2D eigenvalue weighted by Gasteiger charge is -2.05. The second-order valence-electron chi connectivity index (χ2n) is 4.04. The van der Waals surface area contributed by atoms with Gasteiger partial charge in [0, 0.05) is 18.1 Å². The predicted octanol–water partition coefficient (Wildman–Crippen LogP) is 3.06. The van der Waals surface area contributed by atoms with Crippen LogP contribution in [0.25, 0.3) is 17.0 Å². The van der Waals surface area contributed by atoms with E-state index in [1.807, 2.05) is 41.8 Å². The molecular weight excluding hydrogens is 242 g/mol. The molecule has 0 N–H and O–H groups in total. The van der Waals surface area contributed by atoms with Gasteiger partial charge in [-0.25, -0.2) is 0 Å². The number of methoxy groups -OCH3 is 1. The summed E-state index contributed by atoms with van der Waals surface area (Å²) in [6, 6.07) is 7.85. The Balaban J connectivity index is 2.62. The van der Waals surface area contributed by atoms with Crippen LogP contribution in [0.1, 0.15) is 23.0 Å². The molecule has 0 saturated carbocycles. The number of hydrogen-bond acceptors (Lipinski definition) is 3. The Bertz CT molecular complexity index is 599. The fraction of sp³-hybridized carbons (Fsp3) is 0.267. The molecule has 0 spiro atoms. The second-order valence-corrected chi connectivity index (χ2v) is 4.04. The van der Waals surface area contributed by atoms with E-state index in [4.69, 9.17) is 9.47 Å². The molecule has 1 aromatic heterocycles. The van der Waals surface area contributed by atoms with Crippen molar-refractivity contribution in [1.29, 1.82) is 0 Å². The molecule has 100 valence electrons. The predicted molar refractivity (Wildman–Crippen MR) is 75.0 cm³/mol. The third-order valence-corrected chi connectivity index (χ3v) is 2.92.